The first kappa shape index (κ1) is 79.1. The van der Waals surface area contributed by atoms with Crippen molar-refractivity contribution in [1.82, 2.24) is 63.4 Å². The molecule has 5 aromatic rings. The monoisotopic (exact) mass is 1500 g/mol. The number of nitrogens with zero attached hydrogens (tertiary/aromatic N) is 12. The van der Waals surface area contributed by atoms with Crippen LogP contribution in [0.2, 0.25) is 0 Å². The van der Waals surface area contributed by atoms with E-state index in [9.17, 15) is 93.5 Å². The first-order valence-corrected chi connectivity index (χ1v) is 31.5. The average molecular weight is 1500 g/mol. The molecule has 8 fully saturated rings. The largest absolute Gasteiger partial charge is 0.394 e. The Kier molecular flexibility index (Phi) is 26.1. The molecule has 0 aromatic carbocycles. The maximum absolute atomic E-state index is 11.9. The summed E-state index contributed by atoms with van der Waals surface area (Å²) in [5.74, 6) is -0.293. The van der Waals surface area contributed by atoms with E-state index in [1.54, 1.807) is 4.98 Å². The summed E-state index contributed by atoms with van der Waals surface area (Å²) < 4.78 is 42.6. The number of carbonyl (C=O) groups is 3. The molecule has 4 amide bonds. The minimum Gasteiger partial charge on any atom is -0.394 e. The number of urea groups is 1. The van der Waals surface area contributed by atoms with E-state index in [-0.39, 0.29) is 101 Å². The van der Waals surface area contributed by atoms with Crippen LogP contribution in [0, 0.1) is 15.6 Å². The second-order valence-electron chi connectivity index (χ2n) is 24.0. The maximum Gasteiger partial charge on any atom is 0.350 e. The fraction of sp³-hybridized carbons (Fsp3) is 0.611. The highest BCUT2D eigenvalue weighted by Crippen LogP contribution is 2.36. The highest BCUT2D eigenvalue weighted by atomic mass is 16.6. The average Bonchev–Trinajstić information content (AvgIpc) is 1.18. The third-order valence-corrected chi connectivity index (χ3v) is 16.8. The van der Waals surface area contributed by atoms with Crippen molar-refractivity contribution >= 4 is 41.4 Å². The van der Waals surface area contributed by atoms with Crippen LogP contribution in [0.25, 0.3) is 0 Å². The van der Waals surface area contributed by atoms with Gasteiger partial charge >= 0.3 is 40.0 Å². The van der Waals surface area contributed by atoms with Crippen molar-refractivity contribution in [2.45, 2.75) is 168 Å². The molecular formula is C54H72N20O31. The van der Waals surface area contributed by atoms with Crippen LogP contribution < -0.4 is 61.4 Å². The number of azo groups is 1. The van der Waals surface area contributed by atoms with Crippen LogP contribution in [0.4, 0.5) is 27.8 Å². The van der Waals surface area contributed by atoms with E-state index in [1.165, 1.54) is 23.1 Å². The molecule has 8 saturated heterocycles. The molecule has 9 aliphatic heterocycles. The number of aliphatic hydroxyl groups is 11. The van der Waals surface area contributed by atoms with E-state index >= 15 is 0 Å². The Bertz CT molecular complexity index is 4460. The van der Waals surface area contributed by atoms with Crippen molar-refractivity contribution in [2.75, 3.05) is 50.7 Å². The van der Waals surface area contributed by atoms with Gasteiger partial charge in [0, 0.05) is 57.0 Å². The third kappa shape index (κ3) is 18.0. The van der Waals surface area contributed by atoms with Gasteiger partial charge in [0.15, 0.2) is 61.3 Å². The predicted molar refractivity (Wildman–Crippen MR) is 336 cm³/mol. The Morgan fingerprint density at radius 3 is 1.62 bits per heavy atom. The number of aromatic nitrogens is 11. The van der Waals surface area contributed by atoms with Gasteiger partial charge in [-0.3, -0.25) is 82.7 Å². The number of aromatic amines is 4. The highest BCUT2D eigenvalue weighted by molar-refractivity contribution is 6.00. The number of ether oxygens (including phenoxy) is 7. The molecule has 0 saturated carbocycles. The summed E-state index contributed by atoms with van der Waals surface area (Å²) in [6.45, 7) is -0.976. The summed E-state index contributed by atoms with van der Waals surface area (Å²) in [4.78, 5) is 143. The molecule has 574 valence electrons. The normalized spacial score (nSPS) is 31.0. The van der Waals surface area contributed by atoms with E-state index < -0.39 is 184 Å². The van der Waals surface area contributed by atoms with E-state index in [4.69, 9.17) is 70.0 Å². The molecule has 14 heterocycles. The molecule has 14 rings (SSSR count). The van der Waals surface area contributed by atoms with Gasteiger partial charge in [0.1, 0.15) is 42.3 Å². The fourth-order valence-corrected chi connectivity index (χ4v) is 11.8. The standard InChI is InChI=1S/C10H12N4O5.C9H12N4O5.C9H11N3O7.C9H13N3O5.C9H12N2O5.C8H12N4O4/c15-3-4-1-6(16)9(19-4)14-7-5(2-11-13-7)8(17)12-10(14)18;10-12-5-6(15)11-9(16)13-7-4(14)1-3(18-7)2-17-8(5)13;13-3-4-1-6(14)8(19-4)11-2-5(12(17)18)7(15)10-9(11)16;10-5-2-12(9(16)11-7(5)15)8-6(14)1-4(3-13)17-8;12-4-5-3-6(13)8(16-5)11-2-1-7(14)10-9(11)15;13-3-5-1-6(15)8(16-5)12-2-7(9-4-14)10-11-12/h4,6,9,15-16H,1-3H2,(H,12,17,18);3-5,7-8,10,14H,1-2H2,(H,11,15,16);2,4,6,8,13-14H,1,3H2,(H,10,15,16);2,4,6,8,13-14H,1,3,10H2,(H,11,15,16);1-2,5-6,8,12-13H,3-4H2,(H,10,14,15);2,4-6,8,13,15H,1,3H2,(H,9,14)/t4-,6-,9+;3-,4-,5?,7+,8?;2*4-,6-,8+;2*5-,6-,8+/m000000/s1. The number of nitrogens with two attached hydrogens (primary N) is 1. The van der Waals surface area contributed by atoms with Gasteiger partial charge in [0.05, 0.1) is 106 Å². The Balaban J connectivity index is 0.000000146. The van der Waals surface area contributed by atoms with Gasteiger partial charge in [-0.2, -0.15) is 10.2 Å². The number of imide groups is 1. The lowest BCUT2D eigenvalue weighted by Crippen LogP contribution is -2.66. The summed E-state index contributed by atoms with van der Waals surface area (Å²) in [6.07, 6.45) is -8.39. The highest BCUT2D eigenvalue weighted by Gasteiger charge is 2.53. The van der Waals surface area contributed by atoms with Gasteiger partial charge in [-0.1, -0.05) is 5.21 Å². The Morgan fingerprint density at radius 1 is 0.610 bits per heavy atom. The number of aliphatic hydroxyl groups excluding tert-OH is 11. The lowest BCUT2D eigenvalue weighted by atomic mass is 10.1. The van der Waals surface area contributed by atoms with Crippen LogP contribution >= 0.6 is 0 Å². The molecule has 2 bridgehead atoms. The van der Waals surface area contributed by atoms with Gasteiger partial charge in [-0.05, 0) is 0 Å². The number of nitrogens with one attached hydrogen (secondary N) is 7. The molecule has 0 spiro atoms. The Hall–Kier alpha value is -10.0. The maximum atomic E-state index is 11.9. The predicted octanol–water partition coefficient (Wildman–Crippen LogP) is -9.95. The second kappa shape index (κ2) is 34.7. The molecule has 5 aromatic heterocycles. The molecule has 2 unspecified atom stereocenters. The van der Waals surface area contributed by atoms with Crippen molar-refractivity contribution in [3.63, 3.8) is 0 Å². The zero-order valence-electron chi connectivity index (χ0n) is 54.2. The molecule has 51 heteroatoms. The quantitative estimate of drug-likeness (QED) is 0.0212. The minimum absolute atomic E-state index is 0.0839. The Labute approximate surface area is 581 Å². The number of nitro groups is 1. The third-order valence-electron chi connectivity index (χ3n) is 16.8. The Morgan fingerprint density at radius 2 is 1.10 bits per heavy atom. The van der Waals surface area contributed by atoms with Crippen LogP contribution in [0.1, 0.15) is 75.2 Å². The van der Waals surface area contributed by atoms with Gasteiger partial charge in [-0.15, -0.1) is 10.2 Å². The summed E-state index contributed by atoms with van der Waals surface area (Å²) in [7, 11) is 0. The first-order valence-electron chi connectivity index (χ1n) is 31.5. The number of anilines is 2. The van der Waals surface area contributed by atoms with Crippen molar-refractivity contribution in [2.24, 2.45) is 15.3 Å². The minimum atomic E-state index is -1.18. The number of carbonyl (C=O) groups excluding carboxylic acids is 3. The van der Waals surface area contributed by atoms with E-state index in [0.717, 1.165) is 35.6 Å². The van der Waals surface area contributed by atoms with Crippen LogP contribution in [0.15, 0.2) is 84.6 Å². The second-order valence-corrected chi connectivity index (χ2v) is 24.0. The number of rotatable bonds is 14. The number of fused-ring (bicyclic) bond motifs is 5. The lowest BCUT2D eigenvalue weighted by molar-refractivity contribution is -0.387. The lowest BCUT2D eigenvalue weighted by Gasteiger charge is -2.39. The van der Waals surface area contributed by atoms with E-state index in [0.29, 0.717) is 19.3 Å². The molecular weight excluding hydrogens is 1420 g/mol. The first-order chi connectivity index (χ1) is 50.0. The van der Waals surface area contributed by atoms with Crippen LogP contribution in [0.3, 0.4) is 0 Å². The molecule has 20 N–H and O–H groups in total. The van der Waals surface area contributed by atoms with Crippen molar-refractivity contribution in [1.29, 1.82) is 5.53 Å². The molecule has 9 aliphatic rings. The topological polar surface area (TPSA) is 746 Å². The van der Waals surface area contributed by atoms with Crippen molar-refractivity contribution in [3.05, 3.63) is 130 Å². The van der Waals surface area contributed by atoms with Crippen molar-refractivity contribution < 1.29 is 109 Å². The number of nitrogen functional groups attached to an aromatic ring is 1. The zero-order chi connectivity index (χ0) is 76.4. The van der Waals surface area contributed by atoms with Gasteiger partial charge in [0.25, 0.3) is 22.6 Å². The summed E-state index contributed by atoms with van der Waals surface area (Å²) in [5, 5.41) is 136. The number of H-pyrrole nitrogens is 4. The fourth-order valence-electron chi connectivity index (χ4n) is 11.8. The van der Waals surface area contributed by atoms with Crippen LogP contribution in [-0.4, -0.2) is 269 Å². The molecule has 0 aliphatic carbocycles. The van der Waals surface area contributed by atoms with Gasteiger partial charge in [-0.25, -0.2) is 38.8 Å². The summed E-state index contributed by atoms with van der Waals surface area (Å²) in [6, 6.07) is -0.654. The summed E-state index contributed by atoms with van der Waals surface area (Å²) in [5.41, 5.74) is 5.83. The smallest absolute Gasteiger partial charge is 0.350 e. The van der Waals surface area contributed by atoms with Gasteiger partial charge in [0.2, 0.25) is 6.41 Å². The van der Waals surface area contributed by atoms with Gasteiger partial charge < -0.3 is 100 Å². The molecule has 20 atom stereocenters. The number of amides is 4. The van der Waals surface area contributed by atoms with Crippen LogP contribution in [-0.2, 0) is 49.3 Å². The number of hydrogen-bond donors (Lipinski definition) is 19. The van der Waals surface area contributed by atoms with E-state index in [2.05, 4.69) is 46.3 Å². The summed E-state index contributed by atoms with van der Waals surface area (Å²) >= 11 is 0. The molecule has 105 heavy (non-hydrogen) atoms. The van der Waals surface area contributed by atoms with E-state index in [1.807, 2.05) is 4.98 Å². The SMILES string of the molecule is N=NC1C(=O)NC(=O)N2C1OC[C@@H]1C[C@H](O)[C@H]2O1.Nc1cn([C@@H]2O[C@H](CO)C[C@@H]2O)c(=O)[nH]c1=O.O=CNc1cn([C@@H]2O[C@H](CO)C[C@@H]2O)nn1.O=c1[nH]c(=O)n([C@@H]2O[C@H](CO)C[C@@H]2O)c2c1CN=N2.O=c1[nH]c(=O)n([C@@H]2O[C@H](CO)C[C@@H]2O)cc1[N+](=O)[O-].O=c1ccn([C@@H]2O[C@H](CO)C[C@@H]2O)c(=O)[nH]1. The zero-order valence-corrected chi connectivity index (χ0v) is 54.2. The molecule has 0 radical (unpaired) electrons. The van der Waals surface area contributed by atoms with Crippen LogP contribution in [0.5, 0.6) is 0 Å². The number of hydrogen-bond acceptors (Lipinski definition) is 38. The van der Waals surface area contributed by atoms with Crippen molar-refractivity contribution in [3.8, 4) is 0 Å². The molecule has 51 nitrogen and oxygen atoms in total.